The molecule has 2 bridgehead atoms. The molecule has 2 N–H and O–H groups in total. The second-order valence-corrected chi connectivity index (χ2v) is 11.2. The summed E-state index contributed by atoms with van der Waals surface area (Å²) in [5.41, 5.74) is 1.48. The Bertz CT molecular complexity index is 914. The summed E-state index contributed by atoms with van der Waals surface area (Å²) in [6.07, 6.45) is 9.74. The van der Waals surface area contributed by atoms with Crippen molar-refractivity contribution in [2.75, 3.05) is 20.2 Å². The van der Waals surface area contributed by atoms with Crippen molar-refractivity contribution in [3.05, 3.63) is 29.3 Å². The monoisotopic (exact) mass is 424 g/mol. The molecule has 1 spiro atoms. The van der Waals surface area contributed by atoms with Gasteiger partial charge in [-0.05, 0) is 92.9 Å². The molecule has 1 heterocycles. The van der Waals surface area contributed by atoms with Crippen molar-refractivity contribution in [2.45, 2.75) is 81.3 Å². The van der Waals surface area contributed by atoms with Crippen LogP contribution in [0, 0.1) is 17.8 Å². The number of aliphatic hydroxyl groups is 1. The average Bonchev–Trinajstić information content (AvgIpc) is 3.53. The summed E-state index contributed by atoms with van der Waals surface area (Å²) in [5.74, 6) is 2.72. The predicted octanol–water partition coefficient (Wildman–Crippen LogP) is 4.01. The van der Waals surface area contributed by atoms with Crippen LogP contribution in [0.4, 0.5) is 4.79 Å². The van der Waals surface area contributed by atoms with Crippen LogP contribution in [0.15, 0.2) is 18.2 Å². The van der Waals surface area contributed by atoms with Crippen molar-refractivity contribution in [3.8, 4) is 5.75 Å². The van der Waals surface area contributed by atoms with Gasteiger partial charge in [0.15, 0.2) is 0 Å². The normalized spacial score (nSPS) is 41.0. The van der Waals surface area contributed by atoms with Gasteiger partial charge in [-0.1, -0.05) is 18.9 Å². The number of benzene rings is 1. The van der Waals surface area contributed by atoms with Gasteiger partial charge in [0, 0.05) is 18.5 Å². The molecule has 1 aliphatic heterocycles. The molecule has 5 nitrogen and oxygen atoms in total. The number of methoxy groups -OCH3 is 1. The van der Waals surface area contributed by atoms with Crippen LogP contribution in [-0.2, 0) is 11.8 Å². The predicted molar refractivity (Wildman–Crippen MR) is 119 cm³/mol. The summed E-state index contributed by atoms with van der Waals surface area (Å²) in [6, 6.07) is 6.59. The van der Waals surface area contributed by atoms with Gasteiger partial charge in [-0.15, -0.1) is 0 Å². The number of ether oxygens (including phenoxy) is 1. The molecule has 6 rings (SSSR count). The lowest BCUT2D eigenvalue weighted by Gasteiger charge is -2.65. The first kappa shape index (κ1) is 19.9. The summed E-state index contributed by atoms with van der Waals surface area (Å²) >= 11 is 0. The highest BCUT2D eigenvalue weighted by molar-refractivity contribution is 5.78. The fourth-order valence-electron chi connectivity index (χ4n) is 8.04. The number of urea groups is 1. The van der Waals surface area contributed by atoms with Crippen LogP contribution < -0.4 is 10.1 Å². The molecule has 5 atom stereocenters. The fourth-order valence-corrected chi connectivity index (χ4v) is 8.04. The molecule has 1 aromatic carbocycles. The molecule has 168 valence electrons. The van der Waals surface area contributed by atoms with E-state index in [0.717, 1.165) is 56.9 Å². The number of rotatable bonds is 4. The first-order valence-electron chi connectivity index (χ1n) is 12.4. The lowest BCUT2D eigenvalue weighted by atomic mass is 9.42. The van der Waals surface area contributed by atoms with Crippen molar-refractivity contribution in [1.29, 1.82) is 0 Å². The van der Waals surface area contributed by atoms with Gasteiger partial charge in [0.05, 0.1) is 18.2 Å². The second-order valence-electron chi connectivity index (χ2n) is 11.2. The Kier molecular flexibility index (Phi) is 4.26. The first-order chi connectivity index (χ1) is 14.9. The molecule has 3 saturated carbocycles. The van der Waals surface area contributed by atoms with E-state index in [2.05, 4.69) is 30.4 Å². The third kappa shape index (κ3) is 2.74. The number of likely N-dealkylation sites (N-methyl/N-ethyl adjacent to an activating group) is 1. The van der Waals surface area contributed by atoms with Crippen LogP contribution in [0.2, 0.25) is 0 Å². The van der Waals surface area contributed by atoms with Gasteiger partial charge in [0.2, 0.25) is 0 Å². The van der Waals surface area contributed by atoms with E-state index in [4.69, 9.17) is 4.74 Å². The summed E-state index contributed by atoms with van der Waals surface area (Å²) in [5, 5.41) is 15.9. The molecule has 2 amide bonds. The Labute approximate surface area is 185 Å². The summed E-state index contributed by atoms with van der Waals surface area (Å²) in [7, 11) is 1.72. The van der Waals surface area contributed by atoms with Gasteiger partial charge in [-0.3, -0.25) is 0 Å². The molecule has 0 aromatic heterocycles. The van der Waals surface area contributed by atoms with Crippen LogP contribution in [0.5, 0.6) is 5.75 Å². The Morgan fingerprint density at radius 3 is 2.77 bits per heavy atom. The van der Waals surface area contributed by atoms with Crippen molar-refractivity contribution >= 4 is 6.03 Å². The zero-order valence-corrected chi connectivity index (χ0v) is 19.0. The van der Waals surface area contributed by atoms with E-state index in [1.807, 2.05) is 4.90 Å². The minimum atomic E-state index is -0.681. The zero-order valence-electron chi connectivity index (χ0n) is 19.0. The minimum Gasteiger partial charge on any atom is -0.497 e. The fraction of sp³-hybridized carbons (Fsp3) is 0.731. The highest BCUT2D eigenvalue weighted by Crippen LogP contribution is 2.65. The molecule has 31 heavy (non-hydrogen) atoms. The smallest absolute Gasteiger partial charge is 0.317 e. The van der Waals surface area contributed by atoms with Crippen molar-refractivity contribution in [1.82, 2.24) is 10.2 Å². The minimum absolute atomic E-state index is 0.0602. The van der Waals surface area contributed by atoms with E-state index < -0.39 is 5.60 Å². The van der Waals surface area contributed by atoms with Gasteiger partial charge < -0.3 is 20.1 Å². The van der Waals surface area contributed by atoms with E-state index in [1.165, 1.54) is 36.8 Å². The van der Waals surface area contributed by atoms with Gasteiger partial charge in [0.25, 0.3) is 0 Å². The van der Waals surface area contributed by atoms with Crippen molar-refractivity contribution in [3.63, 3.8) is 0 Å². The van der Waals surface area contributed by atoms with E-state index in [9.17, 15) is 9.90 Å². The molecule has 1 saturated heterocycles. The topological polar surface area (TPSA) is 61.8 Å². The van der Waals surface area contributed by atoms with Crippen LogP contribution in [-0.4, -0.2) is 47.4 Å². The number of amides is 2. The van der Waals surface area contributed by atoms with Crippen LogP contribution in [0.3, 0.4) is 0 Å². The van der Waals surface area contributed by atoms with E-state index in [-0.39, 0.29) is 17.0 Å². The SMILES string of the molecule is CCN1C[C@@]2(CC[C@@]3(O)[C@H]4Cc5ccc(OC)cc5[C@@]3(CCC4CC3CC3)C2)NC1=O. The van der Waals surface area contributed by atoms with Gasteiger partial charge >= 0.3 is 6.03 Å². The molecule has 5 heteroatoms. The highest BCUT2D eigenvalue weighted by Gasteiger charge is 2.68. The number of hydrogen-bond acceptors (Lipinski definition) is 3. The first-order valence-corrected chi connectivity index (χ1v) is 12.4. The lowest BCUT2D eigenvalue weighted by molar-refractivity contribution is -0.178. The molecule has 4 aliphatic carbocycles. The van der Waals surface area contributed by atoms with Gasteiger partial charge in [-0.25, -0.2) is 4.79 Å². The third-order valence-corrected chi connectivity index (χ3v) is 9.72. The van der Waals surface area contributed by atoms with E-state index >= 15 is 0 Å². The standard InChI is InChI=1S/C26H36N2O3/c1-3-28-16-24(27-23(28)29)10-11-26(30)22-13-18-6-7-20(31-2)14-21(18)25(26,15-24)9-8-19(22)12-17-4-5-17/h6-7,14,17,19,22,30H,3-5,8-13,15-16H2,1-2H3,(H,27,29)/t19?,22-,24-,25+,26+/m0/s1. The molecule has 4 fully saturated rings. The summed E-state index contributed by atoms with van der Waals surface area (Å²) in [4.78, 5) is 14.6. The Balaban J connectivity index is 1.46. The van der Waals surface area contributed by atoms with Gasteiger partial charge in [0.1, 0.15) is 5.75 Å². The number of hydrogen-bond donors (Lipinski definition) is 2. The summed E-state index contributed by atoms with van der Waals surface area (Å²) < 4.78 is 5.62. The Morgan fingerprint density at radius 2 is 2.06 bits per heavy atom. The largest absolute Gasteiger partial charge is 0.497 e. The summed E-state index contributed by atoms with van der Waals surface area (Å²) in [6.45, 7) is 3.55. The van der Waals surface area contributed by atoms with E-state index in [1.54, 1.807) is 7.11 Å². The molecular weight excluding hydrogens is 388 g/mol. The van der Waals surface area contributed by atoms with E-state index in [0.29, 0.717) is 11.8 Å². The van der Waals surface area contributed by atoms with Crippen LogP contribution >= 0.6 is 0 Å². The maximum atomic E-state index is 12.6. The number of nitrogens with one attached hydrogen (secondary N) is 1. The van der Waals surface area contributed by atoms with Crippen LogP contribution in [0.25, 0.3) is 0 Å². The van der Waals surface area contributed by atoms with Crippen molar-refractivity contribution in [2.24, 2.45) is 17.8 Å². The molecule has 5 aliphatic rings. The molecule has 1 unspecified atom stereocenters. The number of nitrogens with zero attached hydrogens (tertiary/aromatic N) is 1. The zero-order chi connectivity index (χ0) is 21.4. The second kappa shape index (κ2) is 6.63. The Hall–Kier alpha value is -1.75. The van der Waals surface area contributed by atoms with Crippen LogP contribution in [0.1, 0.15) is 69.4 Å². The van der Waals surface area contributed by atoms with Crippen molar-refractivity contribution < 1.29 is 14.6 Å². The lowest BCUT2D eigenvalue weighted by Crippen LogP contribution is -2.71. The molecule has 0 radical (unpaired) electrons. The highest BCUT2D eigenvalue weighted by atomic mass is 16.5. The maximum Gasteiger partial charge on any atom is 0.317 e. The molecule has 1 aromatic rings. The maximum absolute atomic E-state index is 12.6. The number of carbonyl (C=O) groups excluding carboxylic acids is 1. The number of carbonyl (C=O) groups is 1. The quantitative estimate of drug-likeness (QED) is 0.768. The number of fused-ring (bicyclic) bond motifs is 1. The average molecular weight is 425 g/mol. The molecular formula is C26H36N2O3. The third-order valence-electron chi connectivity index (χ3n) is 9.72. The Morgan fingerprint density at radius 1 is 1.23 bits per heavy atom. The van der Waals surface area contributed by atoms with Gasteiger partial charge in [-0.2, -0.15) is 0 Å².